The molecule has 1 aliphatic heterocycles. The second kappa shape index (κ2) is 5.09. The average molecular weight is 233 g/mol. The summed E-state index contributed by atoms with van der Waals surface area (Å²) in [4.78, 5) is 0. The van der Waals surface area contributed by atoms with Gasteiger partial charge in [0.15, 0.2) is 0 Å². The lowest BCUT2D eigenvalue weighted by atomic mass is 9.99. The lowest BCUT2D eigenvalue weighted by molar-refractivity contribution is 0.137. The number of hydrogen-bond acceptors (Lipinski definition) is 2. The van der Waals surface area contributed by atoms with Gasteiger partial charge < -0.3 is 10.1 Å². The van der Waals surface area contributed by atoms with Crippen molar-refractivity contribution >= 4 is 0 Å². The summed E-state index contributed by atoms with van der Waals surface area (Å²) >= 11 is 0. The number of benzene rings is 1. The Kier molecular flexibility index (Phi) is 3.72. The summed E-state index contributed by atoms with van der Waals surface area (Å²) in [5.74, 6) is 1.15. The van der Waals surface area contributed by atoms with E-state index in [1.807, 2.05) is 7.05 Å². The third kappa shape index (κ3) is 3.01. The molecule has 0 amide bonds. The van der Waals surface area contributed by atoms with Crippen LogP contribution in [-0.4, -0.2) is 19.2 Å². The van der Waals surface area contributed by atoms with E-state index in [0.717, 1.165) is 25.1 Å². The average Bonchev–Trinajstić information content (AvgIpc) is 2.59. The van der Waals surface area contributed by atoms with E-state index in [4.69, 9.17) is 4.74 Å². The van der Waals surface area contributed by atoms with Crippen LogP contribution >= 0.6 is 0 Å². The highest BCUT2D eigenvalue weighted by Crippen LogP contribution is 2.37. The summed E-state index contributed by atoms with van der Waals surface area (Å²) in [7, 11) is 2.01. The molecule has 2 heteroatoms. The van der Waals surface area contributed by atoms with Crippen LogP contribution in [0.25, 0.3) is 0 Å². The maximum absolute atomic E-state index is 6.07. The normalized spacial score (nSPS) is 16.6. The maximum Gasteiger partial charge on any atom is 0.126 e. The lowest BCUT2D eigenvalue weighted by Gasteiger charge is -2.18. The fourth-order valence-electron chi connectivity index (χ4n) is 2.49. The zero-order valence-electron chi connectivity index (χ0n) is 11.2. The number of aryl methyl sites for hydroxylation is 1. The molecule has 0 saturated carbocycles. The Hall–Kier alpha value is -1.02. The van der Waals surface area contributed by atoms with Gasteiger partial charge in [0.1, 0.15) is 11.4 Å². The first-order chi connectivity index (χ1) is 8.12. The molecule has 0 spiro atoms. The van der Waals surface area contributed by atoms with Gasteiger partial charge in [-0.15, -0.1) is 0 Å². The summed E-state index contributed by atoms with van der Waals surface area (Å²) in [6, 6.07) is 6.57. The predicted molar refractivity (Wildman–Crippen MR) is 71.7 cm³/mol. The number of ether oxygens (including phenoxy) is 1. The van der Waals surface area contributed by atoms with Crippen molar-refractivity contribution in [2.75, 3.05) is 13.6 Å². The van der Waals surface area contributed by atoms with Gasteiger partial charge in [0.25, 0.3) is 0 Å². The van der Waals surface area contributed by atoms with Crippen LogP contribution in [0.1, 0.15) is 37.8 Å². The summed E-state index contributed by atoms with van der Waals surface area (Å²) in [6.45, 7) is 5.43. The minimum atomic E-state index is -0.0244. The summed E-state index contributed by atoms with van der Waals surface area (Å²) in [5.41, 5.74) is 2.73. The van der Waals surface area contributed by atoms with Crippen molar-refractivity contribution in [3.8, 4) is 5.75 Å². The van der Waals surface area contributed by atoms with Crippen LogP contribution in [0.4, 0.5) is 0 Å². The molecule has 0 aliphatic carbocycles. The third-order valence-electron chi connectivity index (χ3n) is 3.30. The summed E-state index contributed by atoms with van der Waals surface area (Å²) in [5, 5.41) is 3.19. The van der Waals surface area contributed by atoms with E-state index in [1.165, 1.54) is 24.0 Å². The zero-order valence-corrected chi connectivity index (χ0v) is 11.2. The van der Waals surface area contributed by atoms with Gasteiger partial charge in [-0.2, -0.15) is 0 Å². The molecule has 1 aromatic rings. The number of para-hydroxylation sites is 1. The van der Waals surface area contributed by atoms with Crippen molar-refractivity contribution in [3.05, 3.63) is 29.3 Å². The topological polar surface area (TPSA) is 21.3 Å². The molecule has 1 N–H and O–H groups in total. The van der Waals surface area contributed by atoms with Gasteiger partial charge in [-0.3, -0.25) is 0 Å². The van der Waals surface area contributed by atoms with Crippen molar-refractivity contribution in [1.82, 2.24) is 5.32 Å². The van der Waals surface area contributed by atoms with Gasteiger partial charge in [-0.25, -0.2) is 0 Å². The first-order valence-electron chi connectivity index (χ1n) is 6.57. The standard InChI is InChI=1S/C15H23NO/c1-15(2)11-13-9-6-8-12(14(13)17-15)7-4-5-10-16-3/h6,8-9,16H,4-5,7,10-11H2,1-3H3. The SMILES string of the molecule is CNCCCCc1cccc2c1OC(C)(C)C2. The lowest BCUT2D eigenvalue weighted by Crippen LogP contribution is -2.24. The second-order valence-corrected chi connectivity index (χ2v) is 5.50. The molecule has 0 aromatic heterocycles. The number of fused-ring (bicyclic) bond motifs is 1. The molecule has 0 fully saturated rings. The highest BCUT2D eigenvalue weighted by Gasteiger charge is 2.31. The minimum absolute atomic E-state index is 0.0244. The molecule has 1 aromatic carbocycles. The highest BCUT2D eigenvalue weighted by molar-refractivity contribution is 5.45. The molecule has 1 aliphatic rings. The van der Waals surface area contributed by atoms with E-state index in [9.17, 15) is 0 Å². The number of unbranched alkanes of at least 4 members (excludes halogenated alkanes) is 1. The van der Waals surface area contributed by atoms with Gasteiger partial charge in [-0.05, 0) is 57.8 Å². The molecule has 0 bridgehead atoms. The summed E-state index contributed by atoms with van der Waals surface area (Å²) in [6.07, 6.45) is 4.61. The fourth-order valence-corrected chi connectivity index (χ4v) is 2.49. The number of nitrogens with one attached hydrogen (secondary N) is 1. The largest absolute Gasteiger partial charge is 0.487 e. The Bertz CT molecular complexity index is 385. The van der Waals surface area contributed by atoms with E-state index in [2.05, 4.69) is 37.4 Å². The molecule has 17 heavy (non-hydrogen) atoms. The first kappa shape index (κ1) is 12.4. The second-order valence-electron chi connectivity index (χ2n) is 5.50. The van der Waals surface area contributed by atoms with Crippen LogP contribution in [0.2, 0.25) is 0 Å². The molecule has 0 atom stereocenters. The first-order valence-corrected chi connectivity index (χ1v) is 6.57. The highest BCUT2D eigenvalue weighted by atomic mass is 16.5. The van der Waals surface area contributed by atoms with Crippen LogP contribution in [0.5, 0.6) is 5.75 Å². The molecule has 0 radical (unpaired) electrons. The van der Waals surface area contributed by atoms with E-state index >= 15 is 0 Å². The monoisotopic (exact) mass is 233 g/mol. The van der Waals surface area contributed by atoms with Gasteiger partial charge in [0.05, 0.1) is 0 Å². The van der Waals surface area contributed by atoms with Crippen molar-refractivity contribution < 1.29 is 4.74 Å². The van der Waals surface area contributed by atoms with Crippen LogP contribution < -0.4 is 10.1 Å². The Morgan fingerprint density at radius 3 is 2.88 bits per heavy atom. The molecular formula is C15H23NO. The van der Waals surface area contributed by atoms with E-state index < -0.39 is 0 Å². The number of rotatable bonds is 5. The predicted octanol–water partition coefficient (Wildman–Crippen LogP) is 2.94. The third-order valence-corrected chi connectivity index (χ3v) is 3.30. The molecular weight excluding hydrogens is 210 g/mol. The zero-order chi connectivity index (χ0) is 12.3. The van der Waals surface area contributed by atoms with Crippen molar-refractivity contribution in [3.63, 3.8) is 0 Å². The Labute approximate surface area is 104 Å². The maximum atomic E-state index is 6.07. The molecule has 94 valence electrons. The van der Waals surface area contributed by atoms with Crippen molar-refractivity contribution in [2.45, 2.75) is 45.1 Å². The Morgan fingerprint density at radius 2 is 2.12 bits per heavy atom. The van der Waals surface area contributed by atoms with Crippen LogP contribution in [-0.2, 0) is 12.8 Å². The van der Waals surface area contributed by atoms with Gasteiger partial charge in [0.2, 0.25) is 0 Å². The van der Waals surface area contributed by atoms with Gasteiger partial charge in [-0.1, -0.05) is 18.2 Å². The van der Waals surface area contributed by atoms with Crippen molar-refractivity contribution in [1.29, 1.82) is 0 Å². The van der Waals surface area contributed by atoms with E-state index in [0.29, 0.717) is 0 Å². The summed E-state index contributed by atoms with van der Waals surface area (Å²) < 4.78 is 6.07. The molecule has 2 rings (SSSR count). The molecule has 2 nitrogen and oxygen atoms in total. The van der Waals surface area contributed by atoms with E-state index in [-0.39, 0.29) is 5.60 Å². The Balaban J connectivity index is 2.03. The fraction of sp³-hybridized carbons (Fsp3) is 0.600. The van der Waals surface area contributed by atoms with Crippen LogP contribution in [0.15, 0.2) is 18.2 Å². The molecule has 0 saturated heterocycles. The van der Waals surface area contributed by atoms with E-state index in [1.54, 1.807) is 0 Å². The van der Waals surface area contributed by atoms with Crippen molar-refractivity contribution in [2.24, 2.45) is 0 Å². The van der Waals surface area contributed by atoms with Crippen LogP contribution in [0.3, 0.4) is 0 Å². The quantitative estimate of drug-likeness (QED) is 0.790. The Morgan fingerprint density at radius 1 is 1.29 bits per heavy atom. The number of hydrogen-bond donors (Lipinski definition) is 1. The smallest absolute Gasteiger partial charge is 0.126 e. The van der Waals surface area contributed by atoms with Gasteiger partial charge >= 0.3 is 0 Å². The molecule has 0 unspecified atom stereocenters. The van der Waals surface area contributed by atoms with Crippen LogP contribution in [0, 0.1) is 0 Å². The van der Waals surface area contributed by atoms with Gasteiger partial charge in [0, 0.05) is 6.42 Å². The minimum Gasteiger partial charge on any atom is -0.487 e. The molecule has 1 heterocycles.